The van der Waals surface area contributed by atoms with E-state index in [2.05, 4.69) is 9.55 Å². The molecule has 1 fully saturated rings. The smallest absolute Gasteiger partial charge is 0.346 e. The highest BCUT2D eigenvalue weighted by atomic mass is 32.1. The fraction of sp³-hybridized carbons (Fsp3) is 0.538. The molecule has 1 atom stereocenters. The van der Waals surface area contributed by atoms with Gasteiger partial charge in [-0.05, 0) is 26.7 Å². The largest absolute Gasteiger partial charge is 0.477 e. The number of imidazole rings is 1. The second kappa shape index (κ2) is 4.61. The molecule has 3 heterocycles. The molecule has 0 aromatic carbocycles. The van der Waals surface area contributed by atoms with Gasteiger partial charge in [0, 0.05) is 12.2 Å². The number of carbonyl (C=O) groups is 1. The van der Waals surface area contributed by atoms with Crippen LogP contribution in [0.15, 0.2) is 0 Å². The molecule has 0 amide bonds. The molecule has 2 aromatic heterocycles. The highest BCUT2D eigenvalue weighted by Crippen LogP contribution is 2.32. The quantitative estimate of drug-likeness (QED) is 0.938. The minimum atomic E-state index is -0.873. The van der Waals surface area contributed by atoms with Crippen LogP contribution < -0.4 is 0 Å². The Morgan fingerprint density at radius 2 is 2.37 bits per heavy atom. The van der Waals surface area contributed by atoms with Crippen LogP contribution in [0.1, 0.15) is 33.9 Å². The van der Waals surface area contributed by atoms with Crippen LogP contribution in [0.5, 0.6) is 0 Å². The molecule has 1 saturated heterocycles. The van der Waals surface area contributed by atoms with E-state index in [9.17, 15) is 9.90 Å². The van der Waals surface area contributed by atoms with Gasteiger partial charge in [-0.25, -0.2) is 9.78 Å². The van der Waals surface area contributed by atoms with Gasteiger partial charge in [0.15, 0.2) is 0 Å². The Balaban J connectivity index is 2.06. The number of thiophene rings is 1. The van der Waals surface area contributed by atoms with Crippen molar-refractivity contribution in [2.75, 3.05) is 6.61 Å². The van der Waals surface area contributed by atoms with Gasteiger partial charge in [-0.3, -0.25) is 0 Å². The number of aromatic nitrogens is 2. The Labute approximate surface area is 114 Å². The average Bonchev–Trinajstić information content (AvgIpc) is 3.01. The van der Waals surface area contributed by atoms with E-state index in [0.29, 0.717) is 4.88 Å². The van der Waals surface area contributed by atoms with Crippen molar-refractivity contribution < 1.29 is 14.6 Å². The predicted molar refractivity (Wildman–Crippen MR) is 73.0 cm³/mol. The Morgan fingerprint density at radius 3 is 3.00 bits per heavy atom. The number of aromatic carboxylic acids is 1. The molecule has 0 bridgehead atoms. The third-order valence-corrected chi connectivity index (χ3v) is 4.79. The average molecular weight is 280 g/mol. The summed E-state index contributed by atoms with van der Waals surface area (Å²) in [5, 5.41) is 9.18. The first-order valence-corrected chi connectivity index (χ1v) is 7.20. The van der Waals surface area contributed by atoms with E-state index in [1.807, 2.05) is 13.8 Å². The number of aryl methyl sites for hydroxylation is 2. The third kappa shape index (κ3) is 2.04. The van der Waals surface area contributed by atoms with Gasteiger partial charge in [-0.15, -0.1) is 11.3 Å². The zero-order valence-corrected chi connectivity index (χ0v) is 11.8. The number of rotatable bonds is 3. The molecular formula is C13H16N2O3S. The Hall–Kier alpha value is -1.40. The van der Waals surface area contributed by atoms with Crippen LogP contribution in [0.3, 0.4) is 0 Å². The minimum Gasteiger partial charge on any atom is -0.477 e. The van der Waals surface area contributed by atoms with E-state index in [1.165, 1.54) is 11.3 Å². The summed E-state index contributed by atoms with van der Waals surface area (Å²) in [5.41, 5.74) is 1.77. The van der Waals surface area contributed by atoms with Crippen molar-refractivity contribution in [1.29, 1.82) is 0 Å². The molecule has 6 heteroatoms. The number of hydrogen-bond acceptors (Lipinski definition) is 4. The topological polar surface area (TPSA) is 64.3 Å². The van der Waals surface area contributed by atoms with Crippen molar-refractivity contribution >= 4 is 27.7 Å². The highest BCUT2D eigenvalue weighted by Gasteiger charge is 2.23. The first-order chi connectivity index (χ1) is 9.08. The summed E-state index contributed by atoms with van der Waals surface area (Å²) in [6, 6.07) is 0. The fourth-order valence-electron chi connectivity index (χ4n) is 2.67. The van der Waals surface area contributed by atoms with E-state index >= 15 is 0 Å². The normalized spacial score (nSPS) is 19.4. The van der Waals surface area contributed by atoms with Gasteiger partial charge in [0.05, 0.1) is 18.2 Å². The monoisotopic (exact) mass is 280 g/mol. The number of carboxylic acid groups (broad SMARTS) is 1. The predicted octanol–water partition coefficient (Wildman–Crippen LogP) is 2.59. The van der Waals surface area contributed by atoms with Gasteiger partial charge in [0.2, 0.25) is 0 Å². The van der Waals surface area contributed by atoms with E-state index in [0.717, 1.165) is 47.7 Å². The molecule has 0 aliphatic carbocycles. The molecule has 1 unspecified atom stereocenters. The summed E-state index contributed by atoms with van der Waals surface area (Å²) in [6.45, 7) is 5.40. The summed E-state index contributed by atoms with van der Waals surface area (Å²) in [7, 11) is 0. The summed E-state index contributed by atoms with van der Waals surface area (Å²) in [6.07, 6.45) is 2.39. The van der Waals surface area contributed by atoms with Gasteiger partial charge >= 0.3 is 5.97 Å². The lowest BCUT2D eigenvalue weighted by atomic mass is 10.2. The molecule has 1 aliphatic rings. The second-order valence-electron chi connectivity index (χ2n) is 4.92. The number of carboxylic acids is 1. The van der Waals surface area contributed by atoms with E-state index in [4.69, 9.17) is 4.74 Å². The first kappa shape index (κ1) is 12.6. The number of nitrogens with zero attached hydrogens (tertiary/aromatic N) is 2. The van der Waals surface area contributed by atoms with Crippen molar-refractivity contribution in [3.8, 4) is 0 Å². The number of ether oxygens (including phenoxy) is 1. The molecule has 0 spiro atoms. The first-order valence-electron chi connectivity index (χ1n) is 6.39. The summed E-state index contributed by atoms with van der Waals surface area (Å²) >= 11 is 1.25. The van der Waals surface area contributed by atoms with E-state index < -0.39 is 5.97 Å². The van der Waals surface area contributed by atoms with Crippen LogP contribution in [-0.4, -0.2) is 33.3 Å². The standard InChI is InChI=1S/C13H16N2O3S/c1-7-10-12(19-11(7)13(16)17)14-8(2)15(10)6-9-4-3-5-18-9/h9H,3-6H2,1-2H3,(H,16,17). The lowest BCUT2D eigenvalue weighted by Gasteiger charge is -2.12. The molecule has 2 aromatic rings. The molecule has 1 aliphatic heterocycles. The fourth-order valence-corrected chi connectivity index (χ4v) is 3.74. The van der Waals surface area contributed by atoms with E-state index in [1.54, 1.807) is 0 Å². The molecule has 1 N–H and O–H groups in total. The molecular weight excluding hydrogens is 264 g/mol. The summed E-state index contributed by atoms with van der Waals surface area (Å²) in [4.78, 5) is 16.9. The zero-order valence-electron chi connectivity index (χ0n) is 11.0. The molecule has 3 rings (SSSR count). The van der Waals surface area contributed by atoms with Gasteiger partial charge in [0.25, 0.3) is 0 Å². The van der Waals surface area contributed by atoms with Gasteiger partial charge in [-0.1, -0.05) is 0 Å². The maximum atomic E-state index is 11.2. The summed E-state index contributed by atoms with van der Waals surface area (Å²) < 4.78 is 7.76. The van der Waals surface area contributed by atoms with Crippen LogP contribution in [0, 0.1) is 13.8 Å². The number of hydrogen-bond donors (Lipinski definition) is 1. The minimum absolute atomic E-state index is 0.226. The lowest BCUT2D eigenvalue weighted by molar-refractivity contribution is 0.0701. The Kier molecular flexibility index (Phi) is 3.06. The molecule has 102 valence electrons. The van der Waals surface area contributed by atoms with Gasteiger partial charge in [0.1, 0.15) is 15.5 Å². The Morgan fingerprint density at radius 1 is 1.58 bits per heavy atom. The van der Waals surface area contributed by atoms with Crippen molar-refractivity contribution in [3.63, 3.8) is 0 Å². The van der Waals surface area contributed by atoms with Gasteiger partial charge < -0.3 is 14.4 Å². The second-order valence-corrected chi connectivity index (χ2v) is 5.92. The van der Waals surface area contributed by atoms with Crippen molar-refractivity contribution in [2.45, 2.75) is 39.3 Å². The van der Waals surface area contributed by atoms with Crippen molar-refractivity contribution in [3.05, 3.63) is 16.3 Å². The number of fused-ring (bicyclic) bond motifs is 1. The summed E-state index contributed by atoms with van der Waals surface area (Å²) in [5.74, 6) is 0.0543. The molecule has 19 heavy (non-hydrogen) atoms. The van der Waals surface area contributed by atoms with Crippen LogP contribution in [0.2, 0.25) is 0 Å². The SMILES string of the molecule is Cc1c(C(=O)O)sc2nc(C)n(CC3CCCO3)c12. The maximum absolute atomic E-state index is 11.2. The lowest BCUT2D eigenvalue weighted by Crippen LogP contribution is -2.16. The van der Waals surface area contributed by atoms with Crippen LogP contribution >= 0.6 is 11.3 Å². The Bertz CT molecular complexity index is 638. The highest BCUT2D eigenvalue weighted by molar-refractivity contribution is 7.20. The molecule has 5 nitrogen and oxygen atoms in total. The van der Waals surface area contributed by atoms with Crippen molar-refractivity contribution in [2.24, 2.45) is 0 Å². The third-order valence-electron chi connectivity index (χ3n) is 3.63. The maximum Gasteiger partial charge on any atom is 0.346 e. The van der Waals surface area contributed by atoms with Crippen LogP contribution in [0.4, 0.5) is 0 Å². The zero-order chi connectivity index (χ0) is 13.6. The molecule has 0 saturated carbocycles. The van der Waals surface area contributed by atoms with Crippen LogP contribution in [0.25, 0.3) is 10.3 Å². The van der Waals surface area contributed by atoms with E-state index in [-0.39, 0.29) is 6.10 Å². The van der Waals surface area contributed by atoms with Crippen molar-refractivity contribution in [1.82, 2.24) is 9.55 Å². The van der Waals surface area contributed by atoms with Gasteiger partial charge in [-0.2, -0.15) is 0 Å². The molecule has 0 radical (unpaired) electrons. The van der Waals surface area contributed by atoms with Crippen LogP contribution in [-0.2, 0) is 11.3 Å².